The van der Waals surface area contributed by atoms with E-state index in [9.17, 15) is 13.6 Å². The predicted molar refractivity (Wildman–Crippen MR) is 95.9 cm³/mol. The highest BCUT2D eigenvalue weighted by Crippen LogP contribution is 2.23. The molecule has 3 rings (SSSR count). The lowest BCUT2D eigenvalue weighted by Gasteiger charge is -2.14. The van der Waals surface area contributed by atoms with Gasteiger partial charge in [0.2, 0.25) is 0 Å². The molecule has 0 unspecified atom stereocenters. The van der Waals surface area contributed by atoms with E-state index in [-0.39, 0.29) is 24.1 Å². The van der Waals surface area contributed by atoms with Crippen LogP contribution >= 0.6 is 11.8 Å². The van der Waals surface area contributed by atoms with Crippen LogP contribution < -0.4 is 5.56 Å². The Morgan fingerprint density at radius 1 is 1.15 bits per heavy atom. The molecule has 0 bridgehead atoms. The van der Waals surface area contributed by atoms with Gasteiger partial charge in [0.25, 0.3) is 5.56 Å². The number of nitrogens with zero attached hydrogens (tertiary/aromatic N) is 2. The Bertz CT molecular complexity index is 978. The second-order valence-corrected chi connectivity index (χ2v) is 6.39. The van der Waals surface area contributed by atoms with Crippen molar-refractivity contribution in [2.75, 3.05) is 25.6 Å². The molecule has 0 spiro atoms. The van der Waals surface area contributed by atoms with Crippen molar-refractivity contribution >= 4 is 22.7 Å². The Morgan fingerprint density at radius 3 is 2.73 bits per heavy atom. The topological polar surface area (TPSA) is 64.3 Å². The fourth-order valence-corrected chi connectivity index (χ4v) is 3.30. The first-order chi connectivity index (χ1) is 12.6. The first kappa shape index (κ1) is 18.5. The van der Waals surface area contributed by atoms with Gasteiger partial charge in [-0.2, -0.15) is 0 Å². The van der Waals surface area contributed by atoms with Crippen LogP contribution in [0.1, 0.15) is 0 Å². The minimum Gasteiger partial charge on any atom is -0.394 e. The summed E-state index contributed by atoms with van der Waals surface area (Å²) < 4.78 is 33.9. The second kappa shape index (κ2) is 8.39. The number of benzene rings is 2. The molecule has 8 heteroatoms. The molecule has 0 fully saturated rings. The van der Waals surface area contributed by atoms with E-state index in [1.165, 1.54) is 17.8 Å². The van der Waals surface area contributed by atoms with Gasteiger partial charge in [-0.25, -0.2) is 13.8 Å². The number of halogens is 2. The van der Waals surface area contributed by atoms with Crippen molar-refractivity contribution in [2.45, 2.75) is 5.16 Å². The van der Waals surface area contributed by atoms with Crippen molar-refractivity contribution in [3.05, 3.63) is 64.5 Å². The third-order valence-electron chi connectivity index (χ3n) is 3.59. The van der Waals surface area contributed by atoms with Crippen LogP contribution in [0.3, 0.4) is 0 Å². The Balaban J connectivity index is 2.07. The lowest BCUT2D eigenvalue weighted by molar-refractivity contribution is 0.103. The molecule has 1 N–H and O–H groups in total. The quantitative estimate of drug-likeness (QED) is 0.389. The van der Waals surface area contributed by atoms with Crippen molar-refractivity contribution in [1.82, 2.24) is 9.55 Å². The molecule has 5 nitrogen and oxygen atoms in total. The summed E-state index contributed by atoms with van der Waals surface area (Å²) in [5, 5.41) is 9.35. The van der Waals surface area contributed by atoms with Crippen LogP contribution in [0.15, 0.2) is 52.4 Å². The van der Waals surface area contributed by atoms with Gasteiger partial charge in [0.05, 0.1) is 36.4 Å². The SMILES string of the molecule is O=c1c2ccccc2nc(SCCOCCO)n1-c1ccc(F)cc1F. The van der Waals surface area contributed by atoms with E-state index >= 15 is 0 Å². The minimum atomic E-state index is -0.845. The summed E-state index contributed by atoms with van der Waals surface area (Å²) in [6.45, 7) is 0.468. The molecule has 0 amide bonds. The Hall–Kier alpha value is -2.29. The zero-order valence-corrected chi connectivity index (χ0v) is 14.5. The van der Waals surface area contributed by atoms with Crippen LogP contribution in [0, 0.1) is 11.6 Å². The van der Waals surface area contributed by atoms with Gasteiger partial charge in [-0.1, -0.05) is 23.9 Å². The number of aliphatic hydroxyl groups excluding tert-OH is 1. The average molecular weight is 378 g/mol. The van der Waals surface area contributed by atoms with Crippen molar-refractivity contribution in [2.24, 2.45) is 0 Å². The van der Waals surface area contributed by atoms with Crippen molar-refractivity contribution in [3.8, 4) is 5.69 Å². The summed E-state index contributed by atoms with van der Waals surface area (Å²) in [7, 11) is 0. The first-order valence-corrected chi connectivity index (χ1v) is 8.89. The van der Waals surface area contributed by atoms with Gasteiger partial charge in [0.1, 0.15) is 11.6 Å². The van der Waals surface area contributed by atoms with Crippen molar-refractivity contribution < 1.29 is 18.6 Å². The summed E-state index contributed by atoms with van der Waals surface area (Å²) in [4.78, 5) is 17.4. The van der Waals surface area contributed by atoms with Crippen LogP contribution in [-0.4, -0.2) is 40.2 Å². The van der Waals surface area contributed by atoms with Gasteiger partial charge < -0.3 is 9.84 Å². The van der Waals surface area contributed by atoms with Crippen molar-refractivity contribution in [1.29, 1.82) is 0 Å². The molecule has 1 aromatic heterocycles. The molecule has 2 aromatic carbocycles. The van der Waals surface area contributed by atoms with Gasteiger partial charge in [-0.15, -0.1) is 0 Å². The molecular weight excluding hydrogens is 362 g/mol. The third-order valence-corrected chi connectivity index (χ3v) is 4.49. The normalized spacial score (nSPS) is 11.2. The van der Waals surface area contributed by atoms with E-state index in [1.807, 2.05) is 0 Å². The van der Waals surface area contributed by atoms with E-state index in [4.69, 9.17) is 9.84 Å². The second-order valence-electron chi connectivity index (χ2n) is 5.33. The average Bonchev–Trinajstić information content (AvgIpc) is 2.63. The molecule has 0 saturated carbocycles. The fourth-order valence-electron chi connectivity index (χ4n) is 2.44. The maximum Gasteiger partial charge on any atom is 0.266 e. The van der Waals surface area contributed by atoms with Crippen LogP contribution in [0.5, 0.6) is 0 Å². The number of aromatic nitrogens is 2. The predicted octanol–water partition coefficient (Wildman–Crippen LogP) is 2.76. The van der Waals surface area contributed by atoms with Crippen molar-refractivity contribution in [3.63, 3.8) is 0 Å². The van der Waals surface area contributed by atoms with Gasteiger partial charge in [-0.3, -0.25) is 9.36 Å². The summed E-state index contributed by atoms with van der Waals surface area (Å²) in [6, 6.07) is 9.82. The number of fused-ring (bicyclic) bond motifs is 1. The minimum absolute atomic E-state index is 0.0616. The van der Waals surface area contributed by atoms with Crippen LogP contribution in [0.4, 0.5) is 8.78 Å². The lowest BCUT2D eigenvalue weighted by atomic mass is 10.2. The number of rotatable bonds is 7. The molecule has 136 valence electrons. The monoisotopic (exact) mass is 378 g/mol. The number of aliphatic hydroxyl groups is 1. The van der Waals surface area contributed by atoms with E-state index in [2.05, 4.69) is 4.98 Å². The number of para-hydroxylation sites is 1. The third kappa shape index (κ3) is 3.92. The molecule has 0 aliphatic rings. The zero-order chi connectivity index (χ0) is 18.5. The molecule has 3 aromatic rings. The van der Waals surface area contributed by atoms with E-state index in [0.29, 0.717) is 23.3 Å². The largest absolute Gasteiger partial charge is 0.394 e. The number of hydrogen-bond acceptors (Lipinski definition) is 5. The molecule has 0 aliphatic carbocycles. The zero-order valence-electron chi connectivity index (χ0n) is 13.7. The molecule has 0 saturated heterocycles. The fraction of sp³-hybridized carbons (Fsp3) is 0.222. The molecule has 0 atom stereocenters. The molecule has 1 heterocycles. The summed E-state index contributed by atoms with van der Waals surface area (Å²) in [5.74, 6) is -1.12. The van der Waals surface area contributed by atoms with Gasteiger partial charge in [0, 0.05) is 11.8 Å². The Kier molecular flexibility index (Phi) is 5.97. The van der Waals surface area contributed by atoms with E-state index in [1.54, 1.807) is 24.3 Å². The first-order valence-electron chi connectivity index (χ1n) is 7.90. The van der Waals surface area contributed by atoms with E-state index < -0.39 is 17.2 Å². The van der Waals surface area contributed by atoms with Crippen LogP contribution in [0.25, 0.3) is 16.6 Å². The van der Waals surface area contributed by atoms with Gasteiger partial charge in [-0.05, 0) is 24.3 Å². The van der Waals surface area contributed by atoms with Gasteiger partial charge >= 0.3 is 0 Å². The Labute approximate surface area is 152 Å². The summed E-state index contributed by atoms with van der Waals surface area (Å²) in [6.07, 6.45) is 0. The highest BCUT2D eigenvalue weighted by atomic mass is 32.2. The molecular formula is C18H16F2N2O3S. The maximum atomic E-state index is 14.3. The maximum absolute atomic E-state index is 14.3. The highest BCUT2D eigenvalue weighted by Gasteiger charge is 2.16. The molecule has 0 radical (unpaired) electrons. The summed E-state index contributed by atoms with van der Waals surface area (Å²) in [5.41, 5.74) is 0.00311. The Morgan fingerprint density at radius 2 is 1.96 bits per heavy atom. The van der Waals surface area contributed by atoms with Crippen LogP contribution in [0.2, 0.25) is 0 Å². The number of thioether (sulfide) groups is 1. The van der Waals surface area contributed by atoms with E-state index in [0.717, 1.165) is 16.7 Å². The number of hydrogen-bond donors (Lipinski definition) is 1. The molecule has 0 aliphatic heterocycles. The standard InChI is InChI=1S/C18H16F2N2O3S/c19-12-5-6-16(14(20)11-12)22-17(24)13-3-1-2-4-15(13)21-18(22)26-10-9-25-8-7-23/h1-6,11,23H,7-10H2. The number of ether oxygens (including phenoxy) is 1. The van der Waals surface area contributed by atoms with Gasteiger partial charge in [0.15, 0.2) is 5.16 Å². The summed E-state index contributed by atoms with van der Waals surface area (Å²) >= 11 is 1.22. The highest BCUT2D eigenvalue weighted by molar-refractivity contribution is 7.99. The lowest BCUT2D eigenvalue weighted by Crippen LogP contribution is -2.23. The smallest absolute Gasteiger partial charge is 0.266 e. The molecule has 26 heavy (non-hydrogen) atoms. The van der Waals surface area contributed by atoms with Crippen LogP contribution in [-0.2, 0) is 4.74 Å².